The Hall–Kier alpha value is -2.24. The summed E-state index contributed by atoms with van der Waals surface area (Å²) in [5.74, 6) is 1.59. The molecule has 2 aliphatic rings. The van der Waals surface area contributed by atoms with E-state index in [1.807, 2.05) is 29.2 Å². The number of carbonyl (C=O) groups is 1. The van der Waals surface area contributed by atoms with E-state index in [0.717, 1.165) is 43.0 Å². The van der Waals surface area contributed by atoms with Crippen LogP contribution in [0.25, 0.3) is 0 Å². The van der Waals surface area contributed by atoms with Crippen molar-refractivity contribution in [2.24, 2.45) is 5.73 Å². The van der Waals surface area contributed by atoms with Gasteiger partial charge in [0.1, 0.15) is 13.2 Å². The smallest absolute Gasteiger partial charge is 0.227 e. The van der Waals surface area contributed by atoms with Gasteiger partial charge in [-0.1, -0.05) is 42.5 Å². The lowest BCUT2D eigenvalue weighted by molar-refractivity contribution is -0.132. The average molecular weight is 403 g/mol. The second-order valence-electron chi connectivity index (χ2n) is 7.35. The van der Waals surface area contributed by atoms with Crippen molar-refractivity contribution in [1.82, 2.24) is 4.90 Å². The van der Waals surface area contributed by atoms with Crippen LogP contribution in [0.1, 0.15) is 24.0 Å². The van der Waals surface area contributed by atoms with E-state index >= 15 is 0 Å². The number of likely N-dealkylation sites (tertiary alicyclic amines) is 1. The minimum absolute atomic E-state index is 0. The molecule has 2 heterocycles. The predicted molar refractivity (Wildman–Crippen MR) is 111 cm³/mol. The van der Waals surface area contributed by atoms with E-state index in [2.05, 4.69) is 24.3 Å². The molecule has 1 fully saturated rings. The summed E-state index contributed by atoms with van der Waals surface area (Å²) in [5.41, 5.74) is 8.31. The first-order valence-corrected chi connectivity index (χ1v) is 9.63. The van der Waals surface area contributed by atoms with E-state index in [9.17, 15) is 4.79 Å². The first-order valence-electron chi connectivity index (χ1n) is 9.63. The maximum atomic E-state index is 12.9. The van der Waals surface area contributed by atoms with Crippen molar-refractivity contribution >= 4 is 18.3 Å². The number of amides is 1. The molecule has 4 rings (SSSR count). The third-order valence-electron chi connectivity index (χ3n) is 5.84. The van der Waals surface area contributed by atoms with Crippen molar-refractivity contribution in [2.45, 2.75) is 24.7 Å². The Labute approximate surface area is 172 Å². The van der Waals surface area contributed by atoms with Crippen LogP contribution < -0.4 is 15.2 Å². The highest BCUT2D eigenvalue weighted by Gasteiger charge is 2.36. The van der Waals surface area contributed by atoms with Crippen LogP contribution in [0, 0.1) is 0 Å². The second kappa shape index (κ2) is 8.84. The Morgan fingerprint density at radius 2 is 1.71 bits per heavy atom. The number of ether oxygens (including phenoxy) is 2. The highest BCUT2D eigenvalue weighted by atomic mass is 35.5. The maximum absolute atomic E-state index is 12.9. The molecule has 0 aliphatic carbocycles. The zero-order valence-electron chi connectivity index (χ0n) is 15.9. The van der Waals surface area contributed by atoms with Crippen LogP contribution >= 0.6 is 12.4 Å². The Morgan fingerprint density at radius 3 is 2.43 bits per heavy atom. The lowest BCUT2D eigenvalue weighted by Crippen LogP contribution is -2.48. The predicted octanol–water partition coefficient (Wildman–Crippen LogP) is 2.94. The summed E-state index contributed by atoms with van der Waals surface area (Å²) in [6, 6.07) is 16.2. The molecule has 1 amide bonds. The van der Waals surface area contributed by atoms with E-state index in [1.54, 1.807) is 0 Å². The molecule has 1 saturated heterocycles. The monoisotopic (exact) mass is 402 g/mol. The molecule has 28 heavy (non-hydrogen) atoms. The minimum atomic E-state index is -0.0269. The number of fused-ring (bicyclic) bond motifs is 1. The summed E-state index contributed by atoms with van der Waals surface area (Å²) in [5, 5.41) is 0. The largest absolute Gasteiger partial charge is 0.486 e. The lowest BCUT2D eigenvalue weighted by atomic mass is 9.73. The number of carbonyl (C=O) groups excluding carboxylic acids is 1. The molecule has 150 valence electrons. The van der Waals surface area contributed by atoms with Gasteiger partial charge < -0.3 is 20.1 Å². The second-order valence-corrected chi connectivity index (χ2v) is 7.35. The quantitative estimate of drug-likeness (QED) is 0.853. The summed E-state index contributed by atoms with van der Waals surface area (Å²) in [4.78, 5) is 14.8. The molecule has 5 nitrogen and oxygen atoms in total. The zero-order chi connectivity index (χ0) is 18.7. The van der Waals surface area contributed by atoms with Crippen LogP contribution in [0.3, 0.4) is 0 Å². The van der Waals surface area contributed by atoms with Crippen LogP contribution in [0.5, 0.6) is 11.5 Å². The summed E-state index contributed by atoms with van der Waals surface area (Å²) in [6.45, 7) is 3.15. The van der Waals surface area contributed by atoms with Gasteiger partial charge in [-0.15, -0.1) is 12.4 Å². The van der Waals surface area contributed by atoms with Crippen molar-refractivity contribution in [3.05, 3.63) is 59.7 Å². The number of nitrogens with zero attached hydrogens (tertiary/aromatic N) is 1. The molecule has 0 saturated carbocycles. The Morgan fingerprint density at radius 1 is 1.00 bits per heavy atom. The Bertz CT molecular complexity index is 805. The van der Waals surface area contributed by atoms with Gasteiger partial charge in [0.15, 0.2) is 11.5 Å². The van der Waals surface area contributed by atoms with E-state index in [-0.39, 0.29) is 23.7 Å². The summed E-state index contributed by atoms with van der Waals surface area (Å²) < 4.78 is 11.4. The van der Waals surface area contributed by atoms with Gasteiger partial charge in [-0.3, -0.25) is 4.79 Å². The van der Waals surface area contributed by atoms with E-state index in [4.69, 9.17) is 15.2 Å². The molecule has 0 aromatic heterocycles. The third-order valence-corrected chi connectivity index (χ3v) is 5.84. The topological polar surface area (TPSA) is 64.8 Å². The fourth-order valence-corrected chi connectivity index (χ4v) is 4.13. The molecule has 0 bridgehead atoms. The number of piperidine rings is 1. The molecule has 6 heteroatoms. The number of rotatable bonds is 4. The number of hydrogen-bond donors (Lipinski definition) is 1. The van der Waals surface area contributed by atoms with Gasteiger partial charge in [0.2, 0.25) is 5.91 Å². The van der Waals surface area contributed by atoms with E-state index in [1.165, 1.54) is 5.56 Å². The van der Waals surface area contributed by atoms with Crippen molar-refractivity contribution in [1.29, 1.82) is 0 Å². The van der Waals surface area contributed by atoms with Crippen molar-refractivity contribution in [3.63, 3.8) is 0 Å². The van der Waals surface area contributed by atoms with E-state index in [0.29, 0.717) is 26.2 Å². The fourth-order valence-electron chi connectivity index (χ4n) is 4.13. The van der Waals surface area contributed by atoms with Gasteiger partial charge in [-0.25, -0.2) is 0 Å². The lowest BCUT2D eigenvalue weighted by Gasteiger charge is -2.41. The molecular formula is C22H27ClN2O3. The van der Waals surface area contributed by atoms with Gasteiger partial charge in [0.25, 0.3) is 0 Å². The highest BCUT2D eigenvalue weighted by molar-refractivity contribution is 5.85. The summed E-state index contributed by atoms with van der Waals surface area (Å²) in [7, 11) is 0. The molecule has 2 aliphatic heterocycles. The Kier molecular flexibility index (Phi) is 6.47. The normalized spacial score (nSPS) is 17.5. The Balaban J connectivity index is 0.00000225. The number of benzene rings is 2. The summed E-state index contributed by atoms with van der Waals surface area (Å²) in [6.07, 6.45) is 2.13. The van der Waals surface area contributed by atoms with Crippen molar-refractivity contribution < 1.29 is 14.3 Å². The van der Waals surface area contributed by atoms with Gasteiger partial charge in [0, 0.05) is 30.6 Å². The number of para-hydroxylation sites is 1. The first kappa shape index (κ1) is 20.5. The molecular weight excluding hydrogens is 376 g/mol. The van der Waals surface area contributed by atoms with Gasteiger partial charge in [0.05, 0.1) is 6.42 Å². The first-order chi connectivity index (χ1) is 13.2. The van der Waals surface area contributed by atoms with Crippen molar-refractivity contribution in [3.8, 4) is 11.5 Å². The van der Waals surface area contributed by atoms with Gasteiger partial charge in [-0.05, 0) is 24.5 Å². The maximum Gasteiger partial charge on any atom is 0.227 e. The van der Waals surface area contributed by atoms with Crippen LogP contribution in [-0.2, 0) is 16.6 Å². The molecule has 0 radical (unpaired) electrons. The number of nitrogens with two attached hydrogens (primary N) is 1. The van der Waals surface area contributed by atoms with Crippen LogP contribution in [-0.4, -0.2) is 43.7 Å². The highest BCUT2D eigenvalue weighted by Crippen LogP contribution is 2.36. The van der Waals surface area contributed by atoms with E-state index < -0.39 is 0 Å². The standard InChI is InChI=1S/C22H26N2O3.ClH/c23-16-22(18-6-2-1-3-7-18)9-11-24(12-10-22)20(25)15-17-5-4-8-19-21(17)27-14-13-26-19;/h1-8H,9-16,23H2;1H. The summed E-state index contributed by atoms with van der Waals surface area (Å²) >= 11 is 0. The fraction of sp³-hybridized carbons (Fsp3) is 0.409. The average Bonchev–Trinajstić information content (AvgIpc) is 2.74. The zero-order valence-corrected chi connectivity index (χ0v) is 16.7. The molecule has 0 unspecified atom stereocenters. The van der Waals surface area contributed by atoms with Crippen LogP contribution in [0.4, 0.5) is 0 Å². The van der Waals surface area contributed by atoms with Crippen LogP contribution in [0.15, 0.2) is 48.5 Å². The molecule has 0 spiro atoms. The molecule has 2 N–H and O–H groups in total. The molecule has 2 aromatic carbocycles. The van der Waals surface area contributed by atoms with Crippen molar-refractivity contribution in [2.75, 3.05) is 32.8 Å². The van der Waals surface area contributed by atoms with Crippen LogP contribution in [0.2, 0.25) is 0 Å². The number of halogens is 1. The number of hydrogen-bond acceptors (Lipinski definition) is 4. The molecule has 2 aromatic rings. The minimum Gasteiger partial charge on any atom is -0.486 e. The SMILES string of the molecule is Cl.NCC1(c2ccccc2)CCN(C(=O)Cc2cccc3c2OCCO3)CC1. The van der Waals surface area contributed by atoms with Gasteiger partial charge >= 0.3 is 0 Å². The third kappa shape index (κ3) is 3.96. The molecule has 0 atom stereocenters. The van der Waals surface area contributed by atoms with Gasteiger partial charge in [-0.2, -0.15) is 0 Å².